The SMILES string of the molecule is COc1cc(CNC2CCCOC2)c([N+](=O)[O-])cc1OCC(F)(F)F. The van der Waals surface area contributed by atoms with Gasteiger partial charge in [0.25, 0.3) is 5.69 Å². The van der Waals surface area contributed by atoms with Crippen molar-refractivity contribution in [2.45, 2.75) is 31.6 Å². The van der Waals surface area contributed by atoms with Crippen molar-refractivity contribution < 1.29 is 32.3 Å². The van der Waals surface area contributed by atoms with Crippen molar-refractivity contribution in [3.05, 3.63) is 27.8 Å². The summed E-state index contributed by atoms with van der Waals surface area (Å²) in [6.45, 7) is -0.188. The van der Waals surface area contributed by atoms with E-state index in [2.05, 4.69) is 10.1 Å². The second-order valence-corrected chi connectivity index (χ2v) is 5.59. The lowest BCUT2D eigenvalue weighted by Crippen LogP contribution is -2.36. The molecule has 0 spiro atoms. The van der Waals surface area contributed by atoms with Gasteiger partial charge in [0.05, 0.1) is 24.7 Å². The van der Waals surface area contributed by atoms with Crippen LogP contribution in [0.5, 0.6) is 11.5 Å². The maximum atomic E-state index is 12.3. The number of methoxy groups -OCH3 is 1. The Morgan fingerprint density at radius 2 is 2.16 bits per heavy atom. The Morgan fingerprint density at radius 1 is 1.40 bits per heavy atom. The van der Waals surface area contributed by atoms with Gasteiger partial charge < -0.3 is 19.5 Å². The number of ether oxygens (including phenoxy) is 3. The van der Waals surface area contributed by atoms with Crippen LogP contribution >= 0.6 is 0 Å². The first kappa shape index (κ1) is 19.3. The smallest absolute Gasteiger partial charge is 0.422 e. The molecule has 10 heteroatoms. The van der Waals surface area contributed by atoms with Crippen molar-refractivity contribution in [2.75, 3.05) is 26.9 Å². The molecular formula is C15H19F3N2O5. The first-order chi connectivity index (χ1) is 11.8. The lowest BCUT2D eigenvalue weighted by molar-refractivity contribution is -0.385. The summed E-state index contributed by atoms with van der Waals surface area (Å²) in [7, 11) is 1.26. The van der Waals surface area contributed by atoms with Crippen LogP contribution in [-0.4, -0.2) is 44.1 Å². The van der Waals surface area contributed by atoms with E-state index in [1.807, 2.05) is 0 Å². The van der Waals surface area contributed by atoms with Gasteiger partial charge >= 0.3 is 6.18 Å². The molecule has 0 bridgehead atoms. The summed E-state index contributed by atoms with van der Waals surface area (Å²) in [5, 5.41) is 14.4. The molecule has 1 aliphatic rings. The lowest BCUT2D eigenvalue weighted by Gasteiger charge is -2.23. The molecule has 0 radical (unpaired) electrons. The van der Waals surface area contributed by atoms with Gasteiger partial charge in [-0.3, -0.25) is 10.1 Å². The molecule has 0 aromatic heterocycles. The molecule has 1 atom stereocenters. The van der Waals surface area contributed by atoms with Crippen LogP contribution < -0.4 is 14.8 Å². The summed E-state index contributed by atoms with van der Waals surface area (Å²) < 4.78 is 51.9. The van der Waals surface area contributed by atoms with E-state index in [1.165, 1.54) is 13.2 Å². The van der Waals surface area contributed by atoms with E-state index < -0.39 is 17.7 Å². The molecule has 1 saturated heterocycles. The molecule has 1 fully saturated rings. The van der Waals surface area contributed by atoms with Crippen molar-refractivity contribution in [1.29, 1.82) is 0 Å². The average molecular weight is 364 g/mol. The minimum atomic E-state index is -4.55. The number of alkyl halides is 3. The maximum Gasteiger partial charge on any atom is 0.422 e. The third-order valence-corrected chi connectivity index (χ3v) is 3.69. The summed E-state index contributed by atoms with van der Waals surface area (Å²) in [4.78, 5) is 10.6. The molecule has 7 nitrogen and oxygen atoms in total. The molecule has 1 heterocycles. The third kappa shape index (κ3) is 5.75. The molecule has 2 rings (SSSR count). The van der Waals surface area contributed by atoms with Crippen LogP contribution in [-0.2, 0) is 11.3 Å². The standard InChI is InChI=1S/C15H19F3N2O5/c1-23-13-5-10(7-19-11-3-2-4-24-8-11)12(20(21)22)6-14(13)25-9-15(16,17)18/h5-6,11,19H,2-4,7-9H2,1H3. The number of hydrogen-bond acceptors (Lipinski definition) is 6. The third-order valence-electron chi connectivity index (χ3n) is 3.69. The average Bonchev–Trinajstić information content (AvgIpc) is 2.57. The fourth-order valence-electron chi connectivity index (χ4n) is 2.49. The zero-order chi connectivity index (χ0) is 18.4. The van der Waals surface area contributed by atoms with Crippen LogP contribution in [0.3, 0.4) is 0 Å². The Labute approximate surface area is 142 Å². The lowest BCUT2D eigenvalue weighted by atomic mass is 10.1. The van der Waals surface area contributed by atoms with E-state index in [9.17, 15) is 23.3 Å². The number of nitro benzene ring substituents is 1. The van der Waals surface area contributed by atoms with Crippen LogP contribution in [0.15, 0.2) is 12.1 Å². The van der Waals surface area contributed by atoms with E-state index in [0.717, 1.165) is 18.9 Å². The monoisotopic (exact) mass is 364 g/mol. The summed E-state index contributed by atoms with van der Waals surface area (Å²) in [6, 6.07) is 2.35. The van der Waals surface area contributed by atoms with Gasteiger partial charge in [0.1, 0.15) is 0 Å². The number of halogens is 3. The molecule has 1 unspecified atom stereocenters. The Morgan fingerprint density at radius 3 is 2.72 bits per heavy atom. The van der Waals surface area contributed by atoms with Crippen molar-refractivity contribution in [3.8, 4) is 11.5 Å². The number of nitrogens with one attached hydrogen (secondary N) is 1. The van der Waals surface area contributed by atoms with Crippen LogP contribution in [0.1, 0.15) is 18.4 Å². The number of nitrogens with zero attached hydrogens (tertiary/aromatic N) is 1. The topological polar surface area (TPSA) is 82.9 Å². The first-order valence-corrected chi connectivity index (χ1v) is 7.66. The predicted octanol–water partition coefficient (Wildman–Crippen LogP) is 2.81. The quantitative estimate of drug-likeness (QED) is 0.592. The Balaban J connectivity index is 2.18. The molecule has 1 N–H and O–H groups in total. The summed E-state index contributed by atoms with van der Waals surface area (Å²) in [6.07, 6.45) is -2.77. The summed E-state index contributed by atoms with van der Waals surface area (Å²) in [5.41, 5.74) is -0.0333. The highest BCUT2D eigenvalue weighted by molar-refractivity contribution is 5.54. The molecule has 140 valence electrons. The van der Waals surface area contributed by atoms with Crippen LogP contribution in [0.25, 0.3) is 0 Å². The highest BCUT2D eigenvalue weighted by atomic mass is 19.4. The predicted molar refractivity (Wildman–Crippen MR) is 81.9 cm³/mol. The zero-order valence-corrected chi connectivity index (χ0v) is 13.6. The number of rotatable bonds is 7. The number of nitro groups is 1. The molecule has 0 saturated carbocycles. The van der Waals surface area contributed by atoms with E-state index >= 15 is 0 Å². The minimum Gasteiger partial charge on any atom is -0.493 e. The maximum absolute atomic E-state index is 12.3. The number of hydrogen-bond donors (Lipinski definition) is 1. The summed E-state index contributed by atoms with van der Waals surface area (Å²) >= 11 is 0. The summed E-state index contributed by atoms with van der Waals surface area (Å²) in [5.74, 6) is -0.317. The highest BCUT2D eigenvalue weighted by Crippen LogP contribution is 2.35. The van der Waals surface area contributed by atoms with Gasteiger partial charge in [-0.2, -0.15) is 13.2 Å². The molecular weight excluding hydrogens is 345 g/mol. The largest absolute Gasteiger partial charge is 0.493 e. The second kappa shape index (κ2) is 8.34. The van der Waals surface area contributed by atoms with E-state index in [1.54, 1.807) is 0 Å². The first-order valence-electron chi connectivity index (χ1n) is 7.66. The highest BCUT2D eigenvalue weighted by Gasteiger charge is 2.30. The van der Waals surface area contributed by atoms with Crippen LogP contribution in [0.2, 0.25) is 0 Å². The fraction of sp³-hybridized carbons (Fsp3) is 0.600. The Hall–Kier alpha value is -2.07. The Kier molecular flexibility index (Phi) is 6.43. The van der Waals surface area contributed by atoms with Gasteiger partial charge in [0.15, 0.2) is 18.1 Å². The minimum absolute atomic E-state index is 0.00606. The van der Waals surface area contributed by atoms with E-state index in [0.29, 0.717) is 18.8 Å². The fourth-order valence-corrected chi connectivity index (χ4v) is 2.49. The van der Waals surface area contributed by atoms with Gasteiger partial charge in [0, 0.05) is 24.8 Å². The van der Waals surface area contributed by atoms with E-state index in [-0.39, 0.29) is 29.8 Å². The van der Waals surface area contributed by atoms with Crippen molar-refractivity contribution >= 4 is 5.69 Å². The Bertz CT molecular complexity index is 604. The molecule has 1 aromatic carbocycles. The zero-order valence-electron chi connectivity index (χ0n) is 13.6. The molecule has 0 aliphatic carbocycles. The van der Waals surface area contributed by atoms with Crippen LogP contribution in [0, 0.1) is 10.1 Å². The molecule has 25 heavy (non-hydrogen) atoms. The second-order valence-electron chi connectivity index (χ2n) is 5.59. The van der Waals surface area contributed by atoms with Gasteiger partial charge in [-0.25, -0.2) is 0 Å². The van der Waals surface area contributed by atoms with Crippen molar-refractivity contribution in [1.82, 2.24) is 5.32 Å². The van der Waals surface area contributed by atoms with Crippen LogP contribution in [0.4, 0.5) is 18.9 Å². The molecule has 0 amide bonds. The molecule has 1 aromatic rings. The van der Waals surface area contributed by atoms with Crippen molar-refractivity contribution in [2.24, 2.45) is 0 Å². The van der Waals surface area contributed by atoms with Gasteiger partial charge in [-0.1, -0.05) is 0 Å². The normalized spacial score (nSPS) is 18.0. The van der Waals surface area contributed by atoms with Gasteiger partial charge in [0.2, 0.25) is 0 Å². The van der Waals surface area contributed by atoms with Gasteiger partial charge in [-0.15, -0.1) is 0 Å². The molecule has 1 aliphatic heterocycles. The van der Waals surface area contributed by atoms with Crippen molar-refractivity contribution in [3.63, 3.8) is 0 Å². The van der Waals surface area contributed by atoms with Gasteiger partial charge in [-0.05, 0) is 18.9 Å². The number of benzene rings is 1. The van der Waals surface area contributed by atoms with E-state index in [4.69, 9.17) is 9.47 Å².